The molecule has 1 heterocycles. The van der Waals surface area contributed by atoms with Crippen molar-refractivity contribution < 1.29 is 23.9 Å². The first-order chi connectivity index (χ1) is 13.4. The number of ether oxygens (including phenoxy) is 2. The van der Waals surface area contributed by atoms with Crippen molar-refractivity contribution in [1.29, 1.82) is 0 Å². The van der Waals surface area contributed by atoms with Gasteiger partial charge in [0, 0.05) is 11.3 Å². The monoisotopic (exact) mass is 399 g/mol. The second-order valence-corrected chi connectivity index (χ2v) is 8.24. The highest BCUT2D eigenvalue weighted by Gasteiger charge is 2.26. The molecule has 1 aromatic heterocycles. The SMILES string of the molecule is CC(=O)c1c(C)[nH]c(C(=O)C(C)OC(=O)COc2ccc(C(C)(C)C)cc2)c1C. The fourth-order valence-corrected chi connectivity index (χ4v) is 3.21. The molecule has 6 nitrogen and oxygen atoms in total. The van der Waals surface area contributed by atoms with Crippen molar-refractivity contribution in [2.75, 3.05) is 6.61 Å². The third kappa shape index (κ3) is 5.34. The first-order valence-corrected chi connectivity index (χ1v) is 9.59. The molecule has 29 heavy (non-hydrogen) atoms. The van der Waals surface area contributed by atoms with Gasteiger partial charge in [-0.25, -0.2) is 4.79 Å². The van der Waals surface area contributed by atoms with Crippen molar-refractivity contribution in [3.05, 3.63) is 52.3 Å². The van der Waals surface area contributed by atoms with Crippen LogP contribution in [0.3, 0.4) is 0 Å². The van der Waals surface area contributed by atoms with Crippen LogP contribution in [0, 0.1) is 13.8 Å². The Balaban J connectivity index is 1.96. The number of benzene rings is 1. The Bertz CT molecular complexity index is 916. The maximum absolute atomic E-state index is 12.6. The van der Waals surface area contributed by atoms with E-state index >= 15 is 0 Å². The average Bonchev–Trinajstić information content (AvgIpc) is 2.93. The molecule has 0 bridgehead atoms. The van der Waals surface area contributed by atoms with Gasteiger partial charge in [0.2, 0.25) is 5.78 Å². The molecule has 1 N–H and O–H groups in total. The Morgan fingerprint density at radius 2 is 1.66 bits per heavy atom. The number of aryl methyl sites for hydroxylation is 1. The number of H-pyrrole nitrogens is 1. The molecule has 0 aliphatic heterocycles. The molecule has 1 unspecified atom stereocenters. The summed E-state index contributed by atoms with van der Waals surface area (Å²) in [6, 6.07) is 7.51. The number of aromatic nitrogens is 1. The normalized spacial score (nSPS) is 12.4. The van der Waals surface area contributed by atoms with E-state index in [0.29, 0.717) is 22.6 Å². The highest BCUT2D eigenvalue weighted by molar-refractivity contribution is 6.05. The fraction of sp³-hybridized carbons (Fsp3) is 0.435. The Morgan fingerprint density at radius 1 is 1.07 bits per heavy atom. The van der Waals surface area contributed by atoms with E-state index < -0.39 is 12.1 Å². The number of nitrogens with one attached hydrogen (secondary N) is 1. The Hall–Kier alpha value is -2.89. The second-order valence-electron chi connectivity index (χ2n) is 8.24. The topological polar surface area (TPSA) is 85.5 Å². The molecule has 0 spiro atoms. The second kappa shape index (κ2) is 8.64. The summed E-state index contributed by atoms with van der Waals surface area (Å²) >= 11 is 0. The zero-order valence-electron chi connectivity index (χ0n) is 18.1. The van der Waals surface area contributed by atoms with Crippen LogP contribution in [0.4, 0.5) is 0 Å². The number of hydrogen-bond acceptors (Lipinski definition) is 5. The summed E-state index contributed by atoms with van der Waals surface area (Å²) in [7, 11) is 0. The third-order valence-corrected chi connectivity index (χ3v) is 4.79. The summed E-state index contributed by atoms with van der Waals surface area (Å²) < 4.78 is 10.7. The molecule has 0 amide bonds. The van der Waals surface area contributed by atoms with Gasteiger partial charge < -0.3 is 14.5 Å². The number of aromatic amines is 1. The highest BCUT2D eigenvalue weighted by atomic mass is 16.6. The molecule has 2 rings (SSSR count). The summed E-state index contributed by atoms with van der Waals surface area (Å²) in [5.41, 5.74) is 3.16. The van der Waals surface area contributed by atoms with E-state index in [0.717, 1.165) is 5.56 Å². The van der Waals surface area contributed by atoms with Crippen LogP contribution in [0.2, 0.25) is 0 Å². The van der Waals surface area contributed by atoms with Crippen LogP contribution in [-0.2, 0) is 14.9 Å². The molecule has 2 aromatic rings. The summed E-state index contributed by atoms with van der Waals surface area (Å²) in [6.45, 7) is 12.4. The zero-order valence-corrected chi connectivity index (χ0v) is 18.1. The van der Waals surface area contributed by atoms with Crippen LogP contribution in [0.5, 0.6) is 5.75 Å². The summed E-state index contributed by atoms with van der Waals surface area (Å²) in [5.74, 6) is -0.596. The van der Waals surface area contributed by atoms with Crippen molar-refractivity contribution in [2.24, 2.45) is 0 Å². The number of Topliss-reactive ketones (excluding diaryl/α,β-unsaturated/α-hetero) is 2. The minimum atomic E-state index is -0.995. The van der Waals surface area contributed by atoms with Crippen LogP contribution in [-0.4, -0.2) is 35.2 Å². The lowest BCUT2D eigenvalue weighted by atomic mass is 9.87. The Morgan fingerprint density at radius 3 is 2.14 bits per heavy atom. The molecule has 0 aliphatic rings. The van der Waals surface area contributed by atoms with Crippen LogP contribution in [0.25, 0.3) is 0 Å². The first-order valence-electron chi connectivity index (χ1n) is 9.59. The van der Waals surface area contributed by atoms with Gasteiger partial charge in [0.05, 0.1) is 5.69 Å². The number of rotatable bonds is 7. The molecular weight excluding hydrogens is 370 g/mol. The minimum Gasteiger partial charge on any atom is -0.482 e. The first kappa shape index (κ1) is 22.4. The Labute approximate surface area is 171 Å². The lowest BCUT2D eigenvalue weighted by Gasteiger charge is -2.19. The van der Waals surface area contributed by atoms with E-state index in [9.17, 15) is 14.4 Å². The van der Waals surface area contributed by atoms with E-state index in [1.807, 2.05) is 12.1 Å². The average molecular weight is 399 g/mol. The molecule has 156 valence electrons. The van der Waals surface area contributed by atoms with Crippen molar-refractivity contribution in [1.82, 2.24) is 4.98 Å². The number of carbonyl (C=O) groups is 3. The van der Waals surface area contributed by atoms with Crippen LogP contribution < -0.4 is 4.74 Å². The highest BCUT2D eigenvalue weighted by Crippen LogP contribution is 2.24. The molecule has 1 atom stereocenters. The van der Waals surface area contributed by atoms with Gasteiger partial charge in [0.25, 0.3) is 0 Å². The van der Waals surface area contributed by atoms with E-state index in [1.54, 1.807) is 26.0 Å². The van der Waals surface area contributed by atoms with Crippen molar-refractivity contribution >= 4 is 17.5 Å². The Kier molecular flexibility index (Phi) is 6.67. The molecule has 0 saturated carbocycles. The maximum atomic E-state index is 12.6. The van der Waals surface area contributed by atoms with Crippen LogP contribution in [0.1, 0.15) is 72.3 Å². The molecule has 0 saturated heterocycles. The lowest BCUT2D eigenvalue weighted by molar-refractivity contribution is -0.148. The standard InChI is InChI=1S/C23H29NO5/c1-13-20(15(3)25)14(2)24-21(13)22(27)16(4)29-19(26)12-28-18-10-8-17(9-11-18)23(5,6)7/h8-11,16,24H,12H2,1-7H3. The van der Waals surface area contributed by atoms with E-state index in [1.165, 1.54) is 13.8 Å². The van der Waals surface area contributed by atoms with Crippen LogP contribution in [0.15, 0.2) is 24.3 Å². The molecule has 0 radical (unpaired) electrons. The fourth-order valence-electron chi connectivity index (χ4n) is 3.21. The number of carbonyl (C=O) groups excluding carboxylic acids is 3. The maximum Gasteiger partial charge on any atom is 0.344 e. The van der Waals surface area contributed by atoms with Gasteiger partial charge in [-0.1, -0.05) is 32.9 Å². The van der Waals surface area contributed by atoms with Gasteiger partial charge in [-0.15, -0.1) is 0 Å². The molecule has 6 heteroatoms. The number of hydrogen-bond donors (Lipinski definition) is 1. The molecule has 0 fully saturated rings. The summed E-state index contributed by atoms with van der Waals surface area (Å²) in [6.07, 6.45) is -0.995. The molecule has 0 aliphatic carbocycles. The zero-order chi connectivity index (χ0) is 21.9. The lowest BCUT2D eigenvalue weighted by Crippen LogP contribution is -2.28. The molecule has 1 aromatic carbocycles. The van der Waals surface area contributed by atoms with Gasteiger partial charge in [-0.2, -0.15) is 0 Å². The van der Waals surface area contributed by atoms with E-state index in [-0.39, 0.29) is 29.3 Å². The predicted octanol–water partition coefficient (Wildman–Crippen LogP) is 4.33. The number of esters is 1. The van der Waals surface area contributed by atoms with Crippen molar-refractivity contribution in [3.63, 3.8) is 0 Å². The summed E-state index contributed by atoms with van der Waals surface area (Å²) in [5, 5.41) is 0. The van der Waals surface area contributed by atoms with Crippen LogP contribution >= 0.6 is 0 Å². The third-order valence-electron chi connectivity index (χ3n) is 4.79. The quantitative estimate of drug-likeness (QED) is 0.553. The largest absolute Gasteiger partial charge is 0.482 e. The van der Waals surface area contributed by atoms with Crippen molar-refractivity contribution in [3.8, 4) is 5.75 Å². The minimum absolute atomic E-state index is 0.0316. The smallest absolute Gasteiger partial charge is 0.344 e. The molecular formula is C23H29NO5. The predicted molar refractivity (Wildman–Crippen MR) is 111 cm³/mol. The van der Waals surface area contributed by atoms with E-state index in [2.05, 4.69) is 25.8 Å². The van der Waals surface area contributed by atoms with Crippen molar-refractivity contribution in [2.45, 2.75) is 60.0 Å². The van der Waals surface area contributed by atoms with Gasteiger partial charge >= 0.3 is 5.97 Å². The van der Waals surface area contributed by atoms with Gasteiger partial charge in [0.1, 0.15) is 5.75 Å². The van der Waals surface area contributed by atoms with Gasteiger partial charge in [-0.3, -0.25) is 9.59 Å². The summed E-state index contributed by atoms with van der Waals surface area (Å²) in [4.78, 5) is 39.4. The van der Waals surface area contributed by atoms with Gasteiger partial charge in [-0.05, 0) is 56.4 Å². The van der Waals surface area contributed by atoms with Gasteiger partial charge in [0.15, 0.2) is 18.5 Å². The van der Waals surface area contributed by atoms with E-state index in [4.69, 9.17) is 9.47 Å². The number of ketones is 2.